The zero-order valence-corrected chi connectivity index (χ0v) is 8.83. The van der Waals surface area contributed by atoms with E-state index in [0.717, 1.165) is 0 Å². The Labute approximate surface area is 97.5 Å². The lowest BCUT2D eigenvalue weighted by Crippen LogP contribution is -1.99. The van der Waals surface area contributed by atoms with Crippen molar-refractivity contribution in [2.75, 3.05) is 5.73 Å². The smallest absolute Gasteiger partial charge is 0.354 e. The zero-order valence-electron chi connectivity index (χ0n) is 8.83. The number of nitrogen functional groups attached to an aromatic ring is 1. The van der Waals surface area contributed by atoms with E-state index in [4.69, 9.17) is 15.6 Å². The number of pyridine rings is 1. The van der Waals surface area contributed by atoms with Crippen LogP contribution >= 0.6 is 0 Å². The minimum Gasteiger partial charge on any atom is -0.477 e. The molecular formula is C12H10N2O3. The van der Waals surface area contributed by atoms with Crippen molar-refractivity contribution in [1.29, 1.82) is 0 Å². The van der Waals surface area contributed by atoms with Crippen LogP contribution in [-0.4, -0.2) is 16.1 Å². The molecule has 0 aliphatic carbocycles. The van der Waals surface area contributed by atoms with Gasteiger partial charge < -0.3 is 15.6 Å². The lowest BCUT2D eigenvalue weighted by Gasteiger charge is -2.05. The van der Waals surface area contributed by atoms with Crippen LogP contribution in [0.25, 0.3) is 0 Å². The number of nitrogens with zero attached hydrogens (tertiary/aromatic N) is 1. The molecule has 86 valence electrons. The van der Waals surface area contributed by atoms with Crippen LogP contribution in [-0.2, 0) is 0 Å². The molecule has 0 saturated carbocycles. The van der Waals surface area contributed by atoms with Crippen LogP contribution in [0.5, 0.6) is 11.5 Å². The van der Waals surface area contributed by atoms with E-state index in [-0.39, 0.29) is 5.69 Å². The van der Waals surface area contributed by atoms with Gasteiger partial charge in [-0.3, -0.25) is 0 Å². The third kappa shape index (κ3) is 2.72. The number of carboxylic acids is 1. The molecule has 1 aromatic heterocycles. The third-order valence-electron chi connectivity index (χ3n) is 2.07. The molecule has 0 saturated heterocycles. The highest BCUT2D eigenvalue weighted by Gasteiger charge is 2.04. The maximum absolute atomic E-state index is 10.6. The molecule has 3 N–H and O–H groups in total. The summed E-state index contributed by atoms with van der Waals surface area (Å²) in [5, 5.41) is 8.68. The first kappa shape index (κ1) is 10.9. The molecular weight excluding hydrogens is 220 g/mol. The molecule has 0 fully saturated rings. The topological polar surface area (TPSA) is 85.4 Å². The van der Waals surface area contributed by atoms with Gasteiger partial charge in [-0.25, -0.2) is 9.78 Å². The standard InChI is InChI=1S/C12H10N2O3/c13-8-1-3-9(4-2-8)17-10-5-6-11(12(15)16)14-7-10/h1-7H,13H2,(H,15,16). The summed E-state index contributed by atoms with van der Waals surface area (Å²) in [4.78, 5) is 14.3. The van der Waals surface area contributed by atoms with Gasteiger partial charge in [-0.2, -0.15) is 0 Å². The zero-order chi connectivity index (χ0) is 12.3. The van der Waals surface area contributed by atoms with E-state index in [1.54, 1.807) is 30.3 Å². The number of carboxylic acid groups (broad SMARTS) is 1. The van der Waals surface area contributed by atoms with Crippen molar-refractivity contribution in [1.82, 2.24) is 4.98 Å². The Hall–Kier alpha value is -2.56. The SMILES string of the molecule is Nc1ccc(Oc2ccc(C(=O)O)nc2)cc1. The van der Waals surface area contributed by atoms with Crippen LogP contribution in [0, 0.1) is 0 Å². The van der Waals surface area contributed by atoms with Crippen molar-refractivity contribution < 1.29 is 14.6 Å². The molecule has 2 rings (SSSR count). The highest BCUT2D eigenvalue weighted by atomic mass is 16.5. The molecule has 0 spiro atoms. The van der Waals surface area contributed by atoms with Gasteiger partial charge in [0.15, 0.2) is 0 Å². The summed E-state index contributed by atoms with van der Waals surface area (Å²) < 4.78 is 5.46. The molecule has 0 radical (unpaired) electrons. The van der Waals surface area contributed by atoms with E-state index < -0.39 is 5.97 Å². The molecule has 2 aromatic rings. The lowest BCUT2D eigenvalue weighted by atomic mass is 10.3. The average molecular weight is 230 g/mol. The van der Waals surface area contributed by atoms with Crippen molar-refractivity contribution in [3.05, 3.63) is 48.3 Å². The first-order chi connectivity index (χ1) is 8.15. The Kier molecular flexibility index (Phi) is 2.91. The van der Waals surface area contributed by atoms with Crippen LogP contribution in [0.4, 0.5) is 5.69 Å². The third-order valence-corrected chi connectivity index (χ3v) is 2.07. The molecule has 0 amide bonds. The van der Waals surface area contributed by atoms with Crippen LogP contribution < -0.4 is 10.5 Å². The summed E-state index contributed by atoms with van der Waals surface area (Å²) in [6.45, 7) is 0. The highest BCUT2D eigenvalue weighted by molar-refractivity contribution is 5.85. The maximum atomic E-state index is 10.6. The van der Waals surface area contributed by atoms with Gasteiger partial charge in [-0.05, 0) is 36.4 Å². The molecule has 1 heterocycles. The Morgan fingerprint density at radius 3 is 2.29 bits per heavy atom. The van der Waals surface area contributed by atoms with Crippen LogP contribution in [0.15, 0.2) is 42.6 Å². The minimum absolute atomic E-state index is 0.0188. The van der Waals surface area contributed by atoms with Crippen LogP contribution in [0.3, 0.4) is 0 Å². The molecule has 5 heteroatoms. The first-order valence-corrected chi connectivity index (χ1v) is 4.88. The van der Waals surface area contributed by atoms with E-state index >= 15 is 0 Å². The fraction of sp³-hybridized carbons (Fsp3) is 0. The van der Waals surface area contributed by atoms with Crippen molar-refractivity contribution >= 4 is 11.7 Å². The number of anilines is 1. The molecule has 1 aromatic carbocycles. The second-order valence-electron chi connectivity index (χ2n) is 3.36. The van der Waals surface area contributed by atoms with Gasteiger partial charge >= 0.3 is 5.97 Å². The van der Waals surface area contributed by atoms with E-state index in [2.05, 4.69) is 4.98 Å². The number of nitrogens with two attached hydrogens (primary N) is 1. The van der Waals surface area contributed by atoms with E-state index in [0.29, 0.717) is 17.2 Å². The monoisotopic (exact) mass is 230 g/mol. The normalized spacial score (nSPS) is 9.88. The summed E-state index contributed by atoms with van der Waals surface area (Å²) in [5.41, 5.74) is 6.17. The molecule has 0 atom stereocenters. The van der Waals surface area contributed by atoms with Gasteiger partial charge in [0.1, 0.15) is 17.2 Å². The number of ether oxygens (including phenoxy) is 1. The first-order valence-electron chi connectivity index (χ1n) is 4.88. The lowest BCUT2D eigenvalue weighted by molar-refractivity contribution is 0.0690. The summed E-state index contributed by atoms with van der Waals surface area (Å²) in [6.07, 6.45) is 1.36. The molecule has 5 nitrogen and oxygen atoms in total. The molecule has 17 heavy (non-hydrogen) atoms. The quantitative estimate of drug-likeness (QED) is 0.789. The van der Waals surface area contributed by atoms with Gasteiger partial charge in [0.05, 0.1) is 6.20 Å². The van der Waals surface area contributed by atoms with Crippen LogP contribution in [0.1, 0.15) is 10.5 Å². The number of hydrogen-bond acceptors (Lipinski definition) is 4. The summed E-state index contributed by atoms with van der Waals surface area (Å²) in [6, 6.07) is 9.81. The average Bonchev–Trinajstić information content (AvgIpc) is 2.33. The predicted octanol–water partition coefficient (Wildman–Crippen LogP) is 2.15. The van der Waals surface area contributed by atoms with Gasteiger partial charge in [0.25, 0.3) is 0 Å². The summed E-state index contributed by atoms with van der Waals surface area (Å²) >= 11 is 0. The Morgan fingerprint density at radius 1 is 1.12 bits per heavy atom. The number of aromatic nitrogens is 1. The molecule has 0 unspecified atom stereocenters. The summed E-state index contributed by atoms with van der Waals surface area (Å²) in [5.74, 6) is 0.0212. The highest BCUT2D eigenvalue weighted by Crippen LogP contribution is 2.21. The van der Waals surface area contributed by atoms with E-state index in [1.165, 1.54) is 12.3 Å². The number of benzene rings is 1. The van der Waals surface area contributed by atoms with Crippen molar-refractivity contribution in [3.8, 4) is 11.5 Å². The number of carbonyl (C=O) groups is 1. The number of aromatic carboxylic acids is 1. The second kappa shape index (κ2) is 4.52. The van der Waals surface area contributed by atoms with Gasteiger partial charge in [-0.1, -0.05) is 0 Å². The fourth-order valence-electron chi connectivity index (χ4n) is 1.24. The van der Waals surface area contributed by atoms with E-state index in [9.17, 15) is 4.79 Å². The predicted molar refractivity (Wildman–Crippen MR) is 62.1 cm³/mol. The van der Waals surface area contributed by atoms with Crippen LogP contribution in [0.2, 0.25) is 0 Å². The number of hydrogen-bond donors (Lipinski definition) is 2. The molecule has 0 aliphatic rings. The Morgan fingerprint density at radius 2 is 1.76 bits per heavy atom. The van der Waals surface area contributed by atoms with Crippen molar-refractivity contribution in [2.24, 2.45) is 0 Å². The summed E-state index contributed by atoms with van der Waals surface area (Å²) in [7, 11) is 0. The Bertz CT molecular complexity index is 520. The van der Waals surface area contributed by atoms with Crippen molar-refractivity contribution in [3.63, 3.8) is 0 Å². The molecule has 0 bridgehead atoms. The maximum Gasteiger partial charge on any atom is 0.354 e. The van der Waals surface area contributed by atoms with E-state index in [1.807, 2.05) is 0 Å². The second-order valence-corrected chi connectivity index (χ2v) is 3.36. The molecule has 0 aliphatic heterocycles. The van der Waals surface area contributed by atoms with Gasteiger partial charge in [0.2, 0.25) is 0 Å². The Balaban J connectivity index is 2.13. The van der Waals surface area contributed by atoms with Gasteiger partial charge in [-0.15, -0.1) is 0 Å². The van der Waals surface area contributed by atoms with Gasteiger partial charge in [0, 0.05) is 5.69 Å². The number of rotatable bonds is 3. The van der Waals surface area contributed by atoms with Crippen molar-refractivity contribution in [2.45, 2.75) is 0 Å². The fourth-order valence-corrected chi connectivity index (χ4v) is 1.24. The minimum atomic E-state index is -1.07. The largest absolute Gasteiger partial charge is 0.477 e.